The van der Waals surface area contributed by atoms with E-state index in [1.807, 2.05) is 0 Å². The predicted molar refractivity (Wildman–Crippen MR) is 58.5 cm³/mol. The summed E-state index contributed by atoms with van der Waals surface area (Å²) in [6.45, 7) is 0.470. The van der Waals surface area contributed by atoms with Crippen LogP contribution in [0.1, 0.15) is 30.6 Å². The fourth-order valence-electron chi connectivity index (χ4n) is 1.36. The van der Waals surface area contributed by atoms with Crippen molar-refractivity contribution in [2.45, 2.75) is 25.4 Å². The number of Topliss-reactive ketones (excluding diaryl/α,β-unsaturated/α-hetero) is 1. The van der Waals surface area contributed by atoms with Crippen molar-refractivity contribution in [1.29, 1.82) is 0 Å². The molecule has 1 aromatic carbocycles. The normalized spacial score (nSPS) is 13.7. The van der Waals surface area contributed by atoms with Gasteiger partial charge in [0, 0.05) is 17.0 Å². The quantitative estimate of drug-likeness (QED) is 0.717. The van der Waals surface area contributed by atoms with Gasteiger partial charge in [0.05, 0.1) is 5.56 Å². The van der Waals surface area contributed by atoms with E-state index in [9.17, 15) is 31.1 Å². The first-order valence-corrected chi connectivity index (χ1v) is 5.68. The molecular formula is C11H7BrF6O. The molecule has 0 aliphatic carbocycles. The van der Waals surface area contributed by atoms with Gasteiger partial charge in [-0.15, -0.1) is 0 Å². The number of carbonyl (C=O) groups excluding carboxylic acids is 1. The maximum atomic E-state index is 13.6. The fraction of sp³-hybridized carbons (Fsp3) is 0.364. The zero-order valence-electron chi connectivity index (χ0n) is 9.36. The van der Waals surface area contributed by atoms with E-state index in [4.69, 9.17) is 0 Å². The highest BCUT2D eigenvalue weighted by molar-refractivity contribution is 9.10. The fourth-order valence-corrected chi connectivity index (χ4v) is 2.05. The number of alkyl halides is 5. The van der Waals surface area contributed by atoms with Crippen LogP contribution in [0.4, 0.5) is 26.3 Å². The van der Waals surface area contributed by atoms with Crippen molar-refractivity contribution in [3.8, 4) is 0 Å². The molecule has 0 fully saturated rings. The Balaban J connectivity index is 3.38. The van der Waals surface area contributed by atoms with Gasteiger partial charge < -0.3 is 0 Å². The molecule has 0 N–H and O–H groups in total. The van der Waals surface area contributed by atoms with Crippen molar-refractivity contribution >= 4 is 21.7 Å². The molecule has 8 heteroatoms. The first-order valence-electron chi connectivity index (χ1n) is 4.89. The van der Waals surface area contributed by atoms with Crippen molar-refractivity contribution in [3.63, 3.8) is 0 Å². The molecule has 0 radical (unpaired) electrons. The van der Waals surface area contributed by atoms with Gasteiger partial charge in [-0.3, -0.25) is 4.79 Å². The zero-order chi connectivity index (χ0) is 15.0. The van der Waals surface area contributed by atoms with Crippen LogP contribution in [0, 0.1) is 5.82 Å². The van der Waals surface area contributed by atoms with Crippen molar-refractivity contribution in [2.24, 2.45) is 0 Å². The Hall–Kier alpha value is -1.05. The topological polar surface area (TPSA) is 17.1 Å². The van der Waals surface area contributed by atoms with E-state index in [1.165, 1.54) is 0 Å². The number of halogens is 7. The summed E-state index contributed by atoms with van der Waals surface area (Å²) < 4.78 is 77.4. The van der Waals surface area contributed by atoms with E-state index in [1.54, 1.807) is 0 Å². The minimum absolute atomic E-state index is 0.449. The van der Waals surface area contributed by atoms with Crippen molar-refractivity contribution in [1.82, 2.24) is 0 Å². The smallest absolute Gasteiger partial charge is 0.293 e. The van der Waals surface area contributed by atoms with Gasteiger partial charge in [-0.1, -0.05) is 6.07 Å². The summed E-state index contributed by atoms with van der Waals surface area (Å²) in [5, 5.41) is 0. The minimum Gasteiger partial charge on any atom is -0.293 e. The van der Waals surface area contributed by atoms with Crippen LogP contribution < -0.4 is 0 Å². The minimum atomic E-state index is -4.38. The highest BCUT2D eigenvalue weighted by Gasteiger charge is 2.47. The molecular weight excluding hydrogens is 342 g/mol. The molecule has 0 amide bonds. The summed E-state index contributed by atoms with van der Waals surface area (Å²) in [6, 6.07) is 1.04. The monoisotopic (exact) mass is 348 g/mol. The lowest BCUT2D eigenvalue weighted by Gasteiger charge is -2.20. The number of hydrogen-bond acceptors (Lipinski definition) is 1. The Morgan fingerprint density at radius 2 is 1.79 bits per heavy atom. The van der Waals surface area contributed by atoms with Gasteiger partial charge in [-0.25, -0.2) is 17.6 Å². The summed E-state index contributed by atoms with van der Waals surface area (Å²) in [7, 11) is 0. The van der Waals surface area contributed by atoms with E-state index in [-0.39, 0.29) is 0 Å². The van der Waals surface area contributed by atoms with Crippen LogP contribution in [0.25, 0.3) is 0 Å². The second kappa shape index (κ2) is 5.52. The molecule has 1 nitrogen and oxygen atoms in total. The van der Waals surface area contributed by atoms with E-state index >= 15 is 0 Å². The second-order valence-electron chi connectivity index (χ2n) is 3.71. The molecule has 0 saturated heterocycles. The van der Waals surface area contributed by atoms with Crippen LogP contribution in [0.15, 0.2) is 16.6 Å². The first kappa shape index (κ1) is 16.0. The number of benzene rings is 1. The summed E-state index contributed by atoms with van der Waals surface area (Å²) in [5.74, 6) is -7.49. The highest BCUT2D eigenvalue weighted by Crippen LogP contribution is 2.42. The molecule has 1 aromatic rings. The van der Waals surface area contributed by atoms with Gasteiger partial charge in [0.15, 0.2) is 6.17 Å². The van der Waals surface area contributed by atoms with Crippen LogP contribution in [0.2, 0.25) is 0 Å². The third-order valence-electron chi connectivity index (χ3n) is 2.44. The summed E-state index contributed by atoms with van der Waals surface area (Å²) >= 11 is 2.47. The molecule has 1 rings (SSSR count). The van der Waals surface area contributed by atoms with E-state index in [0.717, 1.165) is 0 Å². The molecule has 0 bridgehead atoms. The first-order chi connectivity index (χ1) is 8.60. The molecule has 0 saturated carbocycles. The third kappa shape index (κ3) is 2.93. The van der Waals surface area contributed by atoms with E-state index in [2.05, 4.69) is 15.9 Å². The zero-order valence-corrected chi connectivity index (χ0v) is 10.9. The maximum Gasteiger partial charge on any atom is 0.339 e. The van der Waals surface area contributed by atoms with Gasteiger partial charge in [0.2, 0.25) is 5.78 Å². The Bertz CT molecular complexity index is 502. The number of ketones is 1. The molecule has 0 aliphatic heterocycles. The van der Waals surface area contributed by atoms with Gasteiger partial charge in [-0.05, 0) is 22.0 Å². The van der Waals surface area contributed by atoms with Gasteiger partial charge >= 0.3 is 5.92 Å². The average Bonchev–Trinajstić information content (AvgIpc) is 2.27. The second-order valence-corrected chi connectivity index (χ2v) is 4.50. The van der Waals surface area contributed by atoms with Crippen LogP contribution in [0.3, 0.4) is 0 Å². The Kier molecular flexibility index (Phi) is 4.65. The lowest BCUT2D eigenvalue weighted by atomic mass is 10.00. The van der Waals surface area contributed by atoms with Crippen LogP contribution in [-0.4, -0.2) is 11.7 Å². The lowest BCUT2D eigenvalue weighted by molar-refractivity contribution is -0.151. The highest BCUT2D eigenvalue weighted by atomic mass is 79.9. The number of rotatable bonds is 4. The third-order valence-corrected chi connectivity index (χ3v) is 3.32. The Morgan fingerprint density at radius 3 is 2.21 bits per heavy atom. The van der Waals surface area contributed by atoms with Gasteiger partial charge in [0.1, 0.15) is 5.82 Å². The molecule has 1 atom stereocenters. The summed E-state index contributed by atoms with van der Waals surface area (Å²) in [6.07, 6.45) is -6.45. The molecule has 0 aliphatic rings. The van der Waals surface area contributed by atoms with Crippen LogP contribution in [0.5, 0.6) is 0 Å². The van der Waals surface area contributed by atoms with Crippen molar-refractivity contribution in [3.05, 3.63) is 33.5 Å². The molecule has 0 spiro atoms. The molecule has 19 heavy (non-hydrogen) atoms. The Morgan fingerprint density at radius 1 is 1.26 bits per heavy atom. The van der Waals surface area contributed by atoms with Crippen molar-refractivity contribution < 1.29 is 31.1 Å². The van der Waals surface area contributed by atoms with Gasteiger partial charge in [0.25, 0.3) is 6.43 Å². The number of hydrogen-bond donors (Lipinski definition) is 0. The van der Waals surface area contributed by atoms with Gasteiger partial charge in [-0.2, -0.15) is 8.78 Å². The maximum absolute atomic E-state index is 13.6. The molecule has 0 aromatic heterocycles. The molecule has 106 valence electrons. The summed E-state index contributed by atoms with van der Waals surface area (Å²) in [4.78, 5) is 10.6. The SMILES string of the molecule is CC(=O)C(F)(F)C(F)c1ccc(F)c(C(F)F)c1Br. The van der Waals surface area contributed by atoms with Crippen molar-refractivity contribution in [2.75, 3.05) is 0 Å². The van der Waals surface area contributed by atoms with E-state index < -0.39 is 45.7 Å². The molecule has 1 unspecified atom stereocenters. The standard InChI is InChI=1S/C11H7BrF6O/c1-4(19)11(17,18)9(14)5-2-3-6(13)7(8(5)12)10(15)16/h2-3,9-10H,1H3. The van der Waals surface area contributed by atoms with Crippen LogP contribution >= 0.6 is 15.9 Å². The van der Waals surface area contributed by atoms with Crippen LogP contribution in [-0.2, 0) is 4.79 Å². The molecule has 0 heterocycles. The predicted octanol–water partition coefficient (Wildman–Crippen LogP) is 4.76. The average molecular weight is 349 g/mol. The largest absolute Gasteiger partial charge is 0.339 e. The Labute approximate surface area is 112 Å². The summed E-state index contributed by atoms with van der Waals surface area (Å²) in [5.41, 5.74) is -2.13. The number of carbonyl (C=O) groups is 1. The van der Waals surface area contributed by atoms with E-state index in [0.29, 0.717) is 19.1 Å². The lowest BCUT2D eigenvalue weighted by Crippen LogP contribution is -2.32.